The van der Waals surface area contributed by atoms with E-state index in [0.29, 0.717) is 18.3 Å². The first-order valence-corrected chi connectivity index (χ1v) is 7.83. The van der Waals surface area contributed by atoms with Gasteiger partial charge in [0.1, 0.15) is 5.82 Å². The zero-order chi connectivity index (χ0) is 16.1. The third-order valence-corrected chi connectivity index (χ3v) is 3.75. The molecule has 6 nitrogen and oxygen atoms in total. The van der Waals surface area contributed by atoms with Crippen molar-refractivity contribution < 1.29 is 13.7 Å². The molecule has 0 saturated carbocycles. The number of hydrogen-bond donors (Lipinski definition) is 1. The summed E-state index contributed by atoms with van der Waals surface area (Å²) in [5, 5.41) is 7.18. The summed E-state index contributed by atoms with van der Waals surface area (Å²) >= 11 is 0. The first-order valence-electron chi connectivity index (χ1n) is 7.83. The fourth-order valence-electron chi connectivity index (χ4n) is 2.60. The number of halogens is 1. The van der Waals surface area contributed by atoms with Gasteiger partial charge in [-0.05, 0) is 24.6 Å². The highest BCUT2D eigenvalue weighted by Crippen LogP contribution is 2.11. The van der Waals surface area contributed by atoms with Crippen LogP contribution in [0.5, 0.6) is 0 Å². The summed E-state index contributed by atoms with van der Waals surface area (Å²) in [6, 6.07) is 6.92. The van der Waals surface area contributed by atoms with Crippen LogP contribution in [0.15, 0.2) is 28.8 Å². The lowest BCUT2D eigenvalue weighted by Gasteiger charge is -2.28. The van der Waals surface area contributed by atoms with Gasteiger partial charge in [-0.2, -0.15) is 4.98 Å². The van der Waals surface area contributed by atoms with Crippen molar-refractivity contribution in [3.63, 3.8) is 0 Å². The lowest BCUT2D eigenvalue weighted by molar-refractivity contribution is 0.0367. The molecule has 1 aromatic heterocycles. The Hall–Kier alpha value is -1.99. The third kappa shape index (κ3) is 4.74. The molecule has 0 unspecified atom stereocenters. The minimum atomic E-state index is -0.249. The molecular weight excluding hydrogens is 299 g/mol. The van der Waals surface area contributed by atoms with Gasteiger partial charge >= 0.3 is 6.01 Å². The van der Waals surface area contributed by atoms with Crippen LogP contribution in [0.4, 0.5) is 10.4 Å². The lowest BCUT2D eigenvalue weighted by Crippen LogP contribution is -2.42. The van der Waals surface area contributed by atoms with Crippen LogP contribution in [0.3, 0.4) is 0 Å². The number of morpholine rings is 1. The minimum Gasteiger partial charge on any atom is -0.379 e. The molecule has 1 aliphatic rings. The smallest absolute Gasteiger partial charge is 0.321 e. The van der Waals surface area contributed by atoms with E-state index < -0.39 is 0 Å². The second kappa shape index (κ2) is 7.52. The minimum absolute atomic E-state index is 0.201. The second-order valence-corrected chi connectivity index (χ2v) is 5.78. The highest BCUT2D eigenvalue weighted by Gasteiger charge is 2.15. The highest BCUT2D eigenvalue weighted by molar-refractivity contribution is 5.24. The molecule has 0 amide bonds. The molecule has 124 valence electrons. The average Bonchev–Trinajstić information content (AvgIpc) is 2.97. The summed E-state index contributed by atoms with van der Waals surface area (Å²) in [6.45, 7) is 6.46. The van der Waals surface area contributed by atoms with Gasteiger partial charge in [0.15, 0.2) is 5.82 Å². The zero-order valence-corrected chi connectivity index (χ0v) is 13.2. The van der Waals surface area contributed by atoms with Crippen molar-refractivity contribution in [1.82, 2.24) is 15.0 Å². The molecule has 2 heterocycles. The third-order valence-electron chi connectivity index (χ3n) is 3.75. The van der Waals surface area contributed by atoms with Crippen LogP contribution in [-0.2, 0) is 11.2 Å². The molecule has 23 heavy (non-hydrogen) atoms. The normalized spacial score (nSPS) is 17.1. The van der Waals surface area contributed by atoms with Gasteiger partial charge in [-0.15, -0.1) is 0 Å². The molecule has 0 radical (unpaired) electrons. The number of ether oxygens (including phenoxy) is 1. The Kier molecular flexibility index (Phi) is 5.19. The van der Waals surface area contributed by atoms with Crippen molar-refractivity contribution in [3.05, 3.63) is 41.5 Å². The van der Waals surface area contributed by atoms with Gasteiger partial charge in [0.25, 0.3) is 0 Å². The van der Waals surface area contributed by atoms with Crippen LogP contribution in [0.25, 0.3) is 0 Å². The number of anilines is 1. The molecule has 1 aliphatic heterocycles. The SMILES string of the molecule is C[C@H](CN1CCOCC1)Nc1nc(Cc2ccc(F)cc2)no1. The molecule has 1 N–H and O–H groups in total. The molecule has 1 saturated heterocycles. The first kappa shape index (κ1) is 15.9. The van der Waals surface area contributed by atoms with E-state index in [4.69, 9.17) is 9.26 Å². The van der Waals surface area contributed by atoms with E-state index in [1.807, 2.05) is 0 Å². The number of aromatic nitrogens is 2. The monoisotopic (exact) mass is 320 g/mol. The maximum absolute atomic E-state index is 12.9. The summed E-state index contributed by atoms with van der Waals surface area (Å²) in [7, 11) is 0. The predicted molar refractivity (Wildman–Crippen MR) is 83.8 cm³/mol. The number of rotatable bonds is 6. The molecule has 3 rings (SSSR count). The number of hydrogen-bond acceptors (Lipinski definition) is 6. The van der Waals surface area contributed by atoms with Crippen LogP contribution in [0.1, 0.15) is 18.3 Å². The van der Waals surface area contributed by atoms with Gasteiger partial charge in [0.05, 0.1) is 13.2 Å². The topological polar surface area (TPSA) is 63.4 Å². The fourth-order valence-corrected chi connectivity index (χ4v) is 2.60. The molecular formula is C16H21FN4O2. The van der Waals surface area contributed by atoms with Gasteiger partial charge in [-0.1, -0.05) is 17.3 Å². The van der Waals surface area contributed by atoms with E-state index in [9.17, 15) is 4.39 Å². The molecule has 2 aromatic rings. The van der Waals surface area contributed by atoms with Crippen molar-refractivity contribution >= 4 is 6.01 Å². The number of benzene rings is 1. The number of nitrogens with zero attached hydrogens (tertiary/aromatic N) is 3. The van der Waals surface area contributed by atoms with Crippen molar-refractivity contribution in [2.24, 2.45) is 0 Å². The molecule has 0 bridgehead atoms. The van der Waals surface area contributed by atoms with Crippen molar-refractivity contribution in [3.8, 4) is 0 Å². The molecule has 7 heteroatoms. The molecule has 1 atom stereocenters. The zero-order valence-electron chi connectivity index (χ0n) is 13.2. The van der Waals surface area contributed by atoms with Crippen LogP contribution < -0.4 is 5.32 Å². The summed E-state index contributed by atoms with van der Waals surface area (Å²) in [5.41, 5.74) is 0.945. The van der Waals surface area contributed by atoms with Crippen molar-refractivity contribution in [1.29, 1.82) is 0 Å². The quantitative estimate of drug-likeness (QED) is 0.877. The standard InChI is InChI=1S/C16H21FN4O2/c1-12(11-21-6-8-22-9-7-21)18-16-19-15(20-23-16)10-13-2-4-14(17)5-3-13/h2-5,12H,6-11H2,1H3,(H,18,19,20)/t12-/m1/s1. The largest absolute Gasteiger partial charge is 0.379 e. The molecule has 1 aromatic carbocycles. The van der Waals surface area contributed by atoms with Crippen LogP contribution in [0, 0.1) is 5.82 Å². The van der Waals surface area contributed by atoms with Gasteiger partial charge < -0.3 is 14.6 Å². The predicted octanol–water partition coefficient (Wildman–Crippen LogP) is 1.93. The first-order chi connectivity index (χ1) is 11.2. The second-order valence-electron chi connectivity index (χ2n) is 5.78. The fraction of sp³-hybridized carbons (Fsp3) is 0.500. The van der Waals surface area contributed by atoms with Gasteiger partial charge in [0, 0.05) is 32.1 Å². The van der Waals surface area contributed by atoms with E-state index in [1.54, 1.807) is 12.1 Å². The molecule has 0 aliphatic carbocycles. The Bertz CT molecular complexity index is 611. The molecule has 0 spiro atoms. The van der Waals surface area contributed by atoms with E-state index in [-0.39, 0.29) is 11.9 Å². The van der Waals surface area contributed by atoms with Crippen LogP contribution >= 0.6 is 0 Å². The van der Waals surface area contributed by atoms with Crippen LogP contribution in [-0.4, -0.2) is 53.9 Å². The maximum Gasteiger partial charge on any atom is 0.321 e. The maximum atomic E-state index is 12.9. The van der Waals surface area contributed by atoms with Gasteiger partial charge in [-0.3, -0.25) is 4.90 Å². The number of nitrogens with one attached hydrogen (secondary N) is 1. The Balaban J connectivity index is 1.51. The Morgan fingerprint density at radius 3 is 2.74 bits per heavy atom. The van der Waals surface area contributed by atoms with E-state index in [0.717, 1.165) is 38.4 Å². The summed E-state index contributed by atoms with van der Waals surface area (Å²) in [4.78, 5) is 6.68. The Morgan fingerprint density at radius 1 is 1.26 bits per heavy atom. The van der Waals surface area contributed by atoms with E-state index in [2.05, 4.69) is 27.3 Å². The van der Waals surface area contributed by atoms with E-state index >= 15 is 0 Å². The summed E-state index contributed by atoms with van der Waals surface area (Å²) < 4.78 is 23.5. The highest BCUT2D eigenvalue weighted by atomic mass is 19.1. The van der Waals surface area contributed by atoms with Crippen molar-refractivity contribution in [2.45, 2.75) is 19.4 Å². The molecule has 1 fully saturated rings. The van der Waals surface area contributed by atoms with Crippen molar-refractivity contribution in [2.75, 3.05) is 38.2 Å². The van der Waals surface area contributed by atoms with E-state index in [1.165, 1.54) is 12.1 Å². The van der Waals surface area contributed by atoms with Crippen LogP contribution in [0.2, 0.25) is 0 Å². The summed E-state index contributed by atoms with van der Waals surface area (Å²) in [5.74, 6) is 0.332. The van der Waals surface area contributed by atoms with Gasteiger partial charge in [-0.25, -0.2) is 4.39 Å². The Morgan fingerprint density at radius 2 is 2.00 bits per heavy atom. The average molecular weight is 320 g/mol. The van der Waals surface area contributed by atoms with Gasteiger partial charge in [0.2, 0.25) is 0 Å². The lowest BCUT2D eigenvalue weighted by atomic mass is 10.1. The summed E-state index contributed by atoms with van der Waals surface area (Å²) in [6.07, 6.45) is 0.517. The Labute approximate surface area is 134 Å².